The van der Waals surface area contributed by atoms with Gasteiger partial charge < -0.3 is 10.0 Å². The van der Waals surface area contributed by atoms with Crippen LogP contribution in [0.2, 0.25) is 0 Å². The third-order valence-corrected chi connectivity index (χ3v) is 3.59. The van der Waals surface area contributed by atoms with E-state index in [-0.39, 0.29) is 18.4 Å². The van der Waals surface area contributed by atoms with Crippen LogP contribution < -0.4 is 5.32 Å². The van der Waals surface area contributed by atoms with E-state index >= 15 is 0 Å². The van der Waals surface area contributed by atoms with Crippen molar-refractivity contribution in [3.8, 4) is 0 Å². The summed E-state index contributed by atoms with van der Waals surface area (Å²) < 4.78 is 0. The topological polar surface area (TPSA) is 86.7 Å². The second-order valence-electron chi connectivity index (χ2n) is 6.49. The Hall–Kier alpha value is -1.59. The van der Waals surface area contributed by atoms with Gasteiger partial charge in [-0.15, -0.1) is 0 Å². The standard InChI is InChI=1S/C14H26N2O4/c1-7-14(4,5)16(6)12(20)15-10(17)8-13(2,3)9-11(18)19/h7-9H2,1-6H3,(H,18,19)(H,15,17,20). The molecule has 0 fully saturated rings. The van der Waals surface area contributed by atoms with Gasteiger partial charge in [-0.1, -0.05) is 20.8 Å². The number of carbonyl (C=O) groups excluding carboxylic acids is 2. The second-order valence-corrected chi connectivity index (χ2v) is 6.49. The fourth-order valence-electron chi connectivity index (χ4n) is 1.67. The number of hydrogen-bond donors (Lipinski definition) is 2. The monoisotopic (exact) mass is 286 g/mol. The Balaban J connectivity index is 4.55. The van der Waals surface area contributed by atoms with Crippen molar-refractivity contribution >= 4 is 17.9 Å². The molecule has 0 heterocycles. The number of hydrogen-bond acceptors (Lipinski definition) is 3. The fraction of sp³-hybridized carbons (Fsp3) is 0.786. The molecule has 0 saturated carbocycles. The molecule has 116 valence electrons. The van der Waals surface area contributed by atoms with Crippen LogP contribution in [0, 0.1) is 5.41 Å². The third-order valence-electron chi connectivity index (χ3n) is 3.59. The van der Waals surface area contributed by atoms with Gasteiger partial charge in [0.05, 0.1) is 6.42 Å². The number of carboxylic acid groups (broad SMARTS) is 1. The normalized spacial score (nSPS) is 11.9. The van der Waals surface area contributed by atoms with Gasteiger partial charge in [0.25, 0.3) is 0 Å². The first-order chi connectivity index (χ1) is 8.91. The van der Waals surface area contributed by atoms with Gasteiger partial charge in [0, 0.05) is 19.0 Å². The lowest BCUT2D eigenvalue weighted by molar-refractivity contribution is -0.139. The van der Waals surface area contributed by atoms with Gasteiger partial charge in [0.15, 0.2) is 0 Å². The van der Waals surface area contributed by atoms with Gasteiger partial charge in [-0.05, 0) is 25.7 Å². The minimum absolute atomic E-state index is 0.00850. The van der Waals surface area contributed by atoms with E-state index in [1.165, 1.54) is 4.90 Å². The molecule has 0 spiro atoms. The summed E-state index contributed by atoms with van der Waals surface area (Å²) in [4.78, 5) is 35.9. The number of aliphatic carboxylic acids is 1. The number of carbonyl (C=O) groups is 3. The Kier molecular flexibility index (Phi) is 6.19. The number of carboxylic acids is 1. The molecule has 6 nitrogen and oxygen atoms in total. The molecule has 6 heteroatoms. The summed E-state index contributed by atoms with van der Waals surface area (Å²) in [7, 11) is 1.63. The highest BCUT2D eigenvalue weighted by atomic mass is 16.4. The van der Waals surface area contributed by atoms with Gasteiger partial charge in [-0.2, -0.15) is 0 Å². The van der Waals surface area contributed by atoms with Crippen molar-refractivity contribution in [1.82, 2.24) is 10.2 Å². The van der Waals surface area contributed by atoms with E-state index in [0.29, 0.717) is 0 Å². The number of nitrogens with zero attached hydrogens (tertiary/aromatic N) is 1. The summed E-state index contributed by atoms with van der Waals surface area (Å²) in [6.45, 7) is 9.15. The first-order valence-corrected chi connectivity index (χ1v) is 6.71. The lowest BCUT2D eigenvalue weighted by atomic mass is 9.85. The molecule has 3 amide bonds. The first kappa shape index (κ1) is 18.4. The van der Waals surface area contributed by atoms with Gasteiger partial charge in [0.1, 0.15) is 0 Å². The highest BCUT2D eigenvalue weighted by Gasteiger charge is 2.29. The summed E-state index contributed by atoms with van der Waals surface area (Å²) in [6.07, 6.45) is 0.631. The zero-order chi connectivity index (χ0) is 16.1. The molecule has 0 radical (unpaired) electrons. The molecule has 0 aliphatic carbocycles. The van der Waals surface area contributed by atoms with Gasteiger partial charge in [-0.3, -0.25) is 14.9 Å². The molecule has 0 saturated heterocycles. The van der Waals surface area contributed by atoms with Crippen LogP contribution in [0.1, 0.15) is 53.9 Å². The van der Waals surface area contributed by atoms with E-state index in [9.17, 15) is 14.4 Å². The van der Waals surface area contributed by atoms with E-state index in [1.807, 2.05) is 20.8 Å². The van der Waals surface area contributed by atoms with Crippen LogP contribution in [-0.2, 0) is 9.59 Å². The molecule has 0 rings (SSSR count). The Morgan fingerprint density at radius 1 is 1.10 bits per heavy atom. The Morgan fingerprint density at radius 3 is 2.00 bits per heavy atom. The van der Waals surface area contributed by atoms with Crippen molar-refractivity contribution in [2.24, 2.45) is 5.41 Å². The number of rotatable bonds is 6. The van der Waals surface area contributed by atoms with Crippen molar-refractivity contribution in [2.75, 3.05) is 7.05 Å². The predicted molar refractivity (Wildman–Crippen MR) is 76.3 cm³/mol. The summed E-state index contributed by atoms with van der Waals surface area (Å²) in [5.41, 5.74) is -1.03. The molecular formula is C14H26N2O4. The zero-order valence-corrected chi connectivity index (χ0v) is 13.2. The van der Waals surface area contributed by atoms with Gasteiger partial charge in [-0.25, -0.2) is 4.79 Å². The molecule has 0 atom stereocenters. The van der Waals surface area contributed by atoms with E-state index in [1.54, 1.807) is 20.9 Å². The van der Waals surface area contributed by atoms with Crippen molar-refractivity contribution in [1.29, 1.82) is 0 Å². The van der Waals surface area contributed by atoms with Crippen LogP contribution in [0.15, 0.2) is 0 Å². The smallest absolute Gasteiger partial charge is 0.324 e. The predicted octanol–water partition coefficient (Wildman–Crippen LogP) is 2.23. The van der Waals surface area contributed by atoms with Crippen LogP contribution in [0.5, 0.6) is 0 Å². The number of imide groups is 1. The van der Waals surface area contributed by atoms with Crippen LogP contribution in [0.4, 0.5) is 4.79 Å². The van der Waals surface area contributed by atoms with Crippen molar-refractivity contribution in [2.45, 2.75) is 59.4 Å². The highest BCUT2D eigenvalue weighted by molar-refractivity contribution is 5.94. The maximum Gasteiger partial charge on any atom is 0.324 e. The van der Waals surface area contributed by atoms with Crippen molar-refractivity contribution < 1.29 is 19.5 Å². The molecule has 0 unspecified atom stereocenters. The van der Waals surface area contributed by atoms with Crippen LogP contribution in [0.25, 0.3) is 0 Å². The number of urea groups is 1. The minimum Gasteiger partial charge on any atom is -0.481 e. The summed E-state index contributed by atoms with van der Waals surface area (Å²) in [6, 6.07) is -0.465. The molecule has 0 bridgehead atoms. The maximum atomic E-state index is 11.9. The molecule has 0 aromatic heterocycles. The zero-order valence-electron chi connectivity index (χ0n) is 13.2. The summed E-state index contributed by atoms with van der Waals surface area (Å²) in [5.74, 6) is -1.42. The van der Waals surface area contributed by atoms with Crippen LogP contribution in [-0.4, -0.2) is 40.5 Å². The van der Waals surface area contributed by atoms with E-state index in [0.717, 1.165) is 6.42 Å². The second kappa shape index (κ2) is 6.72. The Morgan fingerprint density at radius 2 is 1.60 bits per heavy atom. The summed E-state index contributed by atoms with van der Waals surface area (Å²) in [5, 5.41) is 11.1. The van der Waals surface area contributed by atoms with E-state index in [2.05, 4.69) is 5.32 Å². The fourth-order valence-corrected chi connectivity index (χ4v) is 1.67. The highest BCUT2D eigenvalue weighted by Crippen LogP contribution is 2.25. The minimum atomic E-state index is -0.960. The van der Waals surface area contributed by atoms with E-state index in [4.69, 9.17) is 5.11 Å². The average Bonchev–Trinajstić information content (AvgIpc) is 2.24. The SMILES string of the molecule is CCC(C)(C)N(C)C(=O)NC(=O)CC(C)(C)CC(=O)O. The molecule has 0 aliphatic rings. The Labute approximate surface area is 120 Å². The largest absolute Gasteiger partial charge is 0.481 e. The van der Waals surface area contributed by atoms with Crippen LogP contribution >= 0.6 is 0 Å². The van der Waals surface area contributed by atoms with Gasteiger partial charge in [0.2, 0.25) is 5.91 Å². The van der Waals surface area contributed by atoms with Crippen LogP contribution in [0.3, 0.4) is 0 Å². The molecule has 20 heavy (non-hydrogen) atoms. The van der Waals surface area contributed by atoms with Crippen molar-refractivity contribution in [3.05, 3.63) is 0 Å². The Bertz CT molecular complexity index is 389. The third kappa shape index (κ3) is 6.04. The first-order valence-electron chi connectivity index (χ1n) is 6.71. The number of amides is 3. The molecule has 0 aliphatic heterocycles. The lowest BCUT2D eigenvalue weighted by Crippen LogP contribution is -2.51. The van der Waals surface area contributed by atoms with E-state index < -0.39 is 23.3 Å². The molecule has 0 aromatic rings. The average molecular weight is 286 g/mol. The summed E-state index contributed by atoms with van der Waals surface area (Å²) >= 11 is 0. The molecular weight excluding hydrogens is 260 g/mol. The van der Waals surface area contributed by atoms with Gasteiger partial charge >= 0.3 is 12.0 Å². The molecule has 0 aromatic carbocycles. The quantitative estimate of drug-likeness (QED) is 0.784. The number of nitrogens with one attached hydrogen (secondary N) is 1. The lowest BCUT2D eigenvalue weighted by Gasteiger charge is -2.34. The maximum absolute atomic E-state index is 11.9. The van der Waals surface area contributed by atoms with Crippen molar-refractivity contribution in [3.63, 3.8) is 0 Å². The molecule has 2 N–H and O–H groups in total.